The lowest BCUT2D eigenvalue weighted by Crippen LogP contribution is -2.15. The van der Waals surface area contributed by atoms with Crippen LogP contribution < -0.4 is 15.0 Å². The molecular weight excluding hydrogens is 340 g/mol. The minimum atomic E-state index is -0.182. The van der Waals surface area contributed by atoms with Crippen LogP contribution in [0.2, 0.25) is 0 Å². The van der Waals surface area contributed by atoms with Crippen LogP contribution in [-0.4, -0.2) is 23.6 Å². The summed E-state index contributed by atoms with van der Waals surface area (Å²) in [6.45, 7) is 1.92. The number of pyridine rings is 1. The Balaban J connectivity index is 2.07. The van der Waals surface area contributed by atoms with Crippen molar-refractivity contribution in [1.29, 1.82) is 0 Å². The molecule has 3 rings (SSSR count). The third kappa shape index (κ3) is 3.67. The second kappa shape index (κ2) is 6.99. The minimum absolute atomic E-state index is 0.182. The van der Waals surface area contributed by atoms with Crippen LogP contribution in [0.1, 0.15) is 16.8 Å². The number of halogens is 1. The van der Waals surface area contributed by atoms with E-state index >= 15 is 0 Å². The van der Waals surface area contributed by atoms with Crippen LogP contribution in [0.15, 0.2) is 47.4 Å². The molecular formula is C19H17ClN2O3. The van der Waals surface area contributed by atoms with Gasteiger partial charge >= 0.3 is 0 Å². The molecule has 1 aromatic carbocycles. The maximum absolute atomic E-state index is 12.3. The Bertz CT molecular complexity index is 1000. The zero-order valence-corrected chi connectivity index (χ0v) is 14.9. The number of hydrogen-bond acceptors (Lipinski definition) is 4. The highest BCUT2D eigenvalue weighted by Gasteiger charge is 2.07. The summed E-state index contributed by atoms with van der Waals surface area (Å²) in [7, 11) is 3.16. The molecule has 0 saturated carbocycles. The van der Waals surface area contributed by atoms with E-state index in [0.29, 0.717) is 27.9 Å². The van der Waals surface area contributed by atoms with E-state index in [9.17, 15) is 4.79 Å². The second-order valence-corrected chi connectivity index (χ2v) is 5.96. The summed E-state index contributed by atoms with van der Waals surface area (Å²) < 4.78 is 12.0. The molecule has 2 heterocycles. The molecule has 2 aromatic heterocycles. The van der Waals surface area contributed by atoms with Crippen molar-refractivity contribution in [2.45, 2.75) is 6.92 Å². The van der Waals surface area contributed by atoms with E-state index in [4.69, 9.17) is 21.1 Å². The SMILES string of the molecule is COc1cc(/C=C(\Cl)c2cc(=O)n3cc(C)ccc3n2)cc(OC)c1. The van der Waals surface area contributed by atoms with Crippen LogP contribution in [0.4, 0.5) is 0 Å². The average molecular weight is 357 g/mol. The van der Waals surface area contributed by atoms with Crippen LogP contribution in [0.5, 0.6) is 11.5 Å². The first-order chi connectivity index (χ1) is 12.0. The van der Waals surface area contributed by atoms with Gasteiger partial charge in [-0.2, -0.15) is 0 Å². The molecule has 0 aliphatic rings. The number of aromatic nitrogens is 2. The highest BCUT2D eigenvalue weighted by molar-refractivity contribution is 6.51. The maximum Gasteiger partial charge on any atom is 0.258 e. The van der Waals surface area contributed by atoms with E-state index in [-0.39, 0.29) is 5.56 Å². The molecule has 128 valence electrons. The quantitative estimate of drug-likeness (QED) is 0.714. The molecule has 0 fully saturated rings. The third-order valence-electron chi connectivity index (χ3n) is 3.72. The van der Waals surface area contributed by atoms with Crippen molar-refractivity contribution < 1.29 is 9.47 Å². The van der Waals surface area contributed by atoms with Gasteiger partial charge in [-0.1, -0.05) is 17.7 Å². The van der Waals surface area contributed by atoms with Crippen molar-refractivity contribution in [1.82, 2.24) is 9.38 Å². The van der Waals surface area contributed by atoms with Gasteiger partial charge in [0.15, 0.2) is 0 Å². The van der Waals surface area contributed by atoms with Crippen LogP contribution >= 0.6 is 11.6 Å². The monoisotopic (exact) mass is 356 g/mol. The van der Waals surface area contributed by atoms with Crippen molar-refractivity contribution in [2.75, 3.05) is 14.2 Å². The fourth-order valence-corrected chi connectivity index (χ4v) is 2.69. The van der Waals surface area contributed by atoms with E-state index in [0.717, 1.165) is 11.1 Å². The van der Waals surface area contributed by atoms with Gasteiger partial charge in [-0.25, -0.2) is 4.98 Å². The second-order valence-electron chi connectivity index (χ2n) is 5.55. The van der Waals surface area contributed by atoms with Crippen molar-refractivity contribution in [3.63, 3.8) is 0 Å². The van der Waals surface area contributed by atoms with Gasteiger partial charge in [-0.15, -0.1) is 0 Å². The molecule has 0 amide bonds. The lowest BCUT2D eigenvalue weighted by atomic mass is 10.1. The number of rotatable bonds is 4. The van der Waals surface area contributed by atoms with Crippen molar-refractivity contribution in [2.24, 2.45) is 0 Å². The largest absolute Gasteiger partial charge is 0.497 e. The molecule has 0 aliphatic carbocycles. The molecule has 3 aromatic rings. The topological polar surface area (TPSA) is 52.8 Å². The molecule has 0 saturated heterocycles. The molecule has 25 heavy (non-hydrogen) atoms. The molecule has 0 N–H and O–H groups in total. The smallest absolute Gasteiger partial charge is 0.258 e. The number of fused-ring (bicyclic) bond motifs is 1. The standard InChI is InChI=1S/C19H17ClN2O3/c1-12-4-5-18-21-17(10-19(23)22(18)11-12)16(20)8-13-6-14(24-2)9-15(7-13)25-3/h4-11H,1-3H3/b16-8-. The summed E-state index contributed by atoms with van der Waals surface area (Å²) >= 11 is 6.40. The van der Waals surface area contributed by atoms with Gasteiger partial charge in [0.25, 0.3) is 5.56 Å². The van der Waals surface area contributed by atoms with Gasteiger partial charge < -0.3 is 9.47 Å². The molecule has 6 heteroatoms. The van der Waals surface area contributed by atoms with E-state index in [1.165, 1.54) is 10.5 Å². The lowest BCUT2D eigenvalue weighted by molar-refractivity contribution is 0.394. The fourth-order valence-electron chi connectivity index (χ4n) is 2.46. The van der Waals surface area contributed by atoms with Crippen LogP contribution in [0, 0.1) is 6.92 Å². The first kappa shape index (κ1) is 17.0. The number of benzene rings is 1. The predicted molar refractivity (Wildman–Crippen MR) is 99.5 cm³/mol. The molecule has 0 radical (unpaired) electrons. The Labute approximate surface area is 150 Å². The number of ether oxygens (including phenoxy) is 2. The summed E-state index contributed by atoms with van der Waals surface area (Å²) in [5, 5.41) is 0.357. The maximum atomic E-state index is 12.3. The van der Waals surface area contributed by atoms with Crippen LogP contribution in [-0.2, 0) is 0 Å². The van der Waals surface area contributed by atoms with Gasteiger partial charge in [-0.3, -0.25) is 9.20 Å². The number of hydrogen-bond donors (Lipinski definition) is 0. The highest BCUT2D eigenvalue weighted by atomic mass is 35.5. The average Bonchev–Trinajstić information content (AvgIpc) is 2.61. The summed E-state index contributed by atoms with van der Waals surface area (Å²) in [5.41, 5.74) is 2.54. The van der Waals surface area contributed by atoms with E-state index in [1.807, 2.05) is 25.1 Å². The Kier molecular flexibility index (Phi) is 4.76. The lowest BCUT2D eigenvalue weighted by Gasteiger charge is -2.07. The molecule has 0 unspecified atom stereocenters. The van der Waals surface area contributed by atoms with Gasteiger partial charge in [-0.05, 0) is 42.3 Å². The Morgan fingerprint density at radius 3 is 2.44 bits per heavy atom. The molecule has 0 atom stereocenters. The minimum Gasteiger partial charge on any atom is -0.497 e. The van der Waals surface area contributed by atoms with Crippen LogP contribution in [0.25, 0.3) is 16.8 Å². The first-order valence-electron chi connectivity index (χ1n) is 7.61. The van der Waals surface area contributed by atoms with Crippen molar-refractivity contribution in [3.05, 3.63) is 69.8 Å². The highest BCUT2D eigenvalue weighted by Crippen LogP contribution is 2.27. The zero-order valence-electron chi connectivity index (χ0n) is 14.1. The number of aryl methyl sites for hydroxylation is 1. The number of methoxy groups -OCH3 is 2. The van der Waals surface area contributed by atoms with Crippen molar-refractivity contribution >= 4 is 28.4 Å². The zero-order chi connectivity index (χ0) is 18.0. The van der Waals surface area contributed by atoms with Gasteiger partial charge in [0.2, 0.25) is 0 Å². The van der Waals surface area contributed by atoms with E-state index in [1.54, 1.807) is 38.6 Å². The molecule has 0 spiro atoms. The fraction of sp³-hybridized carbons (Fsp3) is 0.158. The van der Waals surface area contributed by atoms with Gasteiger partial charge in [0, 0.05) is 18.3 Å². The number of nitrogens with zero attached hydrogens (tertiary/aromatic N) is 2. The summed E-state index contributed by atoms with van der Waals surface area (Å²) in [6.07, 6.45) is 3.47. The van der Waals surface area contributed by atoms with Gasteiger partial charge in [0.1, 0.15) is 17.1 Å². The molecule has 0 bridgehead atoms. The Morgan fingerprint density at radius 1 is 1.12 bits per heavy atom. The van der Waals surface area contributed by atoms with Gasteiger partial charge in [0.05, 0.1) is 24.9 Å². The van der Waals surface area contributed by atoms with Crippen LogP contribution in [0.3, 0.4) is 0 Å². The normalized spacial score (nSPS) is 11.6. The first-order valence-corrected chi connectivity index (χ1v) is 7.98. The summed E-state index contributed by atoms with van der Waals surface area (Å²) in [6, 6.07) is 10.5. The third-order valence-corrected chi connectivity index (χ3v) is 4.02. The summed E-state index contributed by atoms with van der Waals surface area (Å²) in [4.78, 5) is 16.8. The Hall–Kier alpha value is -2.79. The van der Waals surface area contributed by atoms with E-state index in [2.05, 4.69) is 4.98 Å². The molecule has 5 nitrogen and oxygen atoms in total. The predicted octanol–water partition coefficient (Wildman–Crippen LogP) is 3.76. The van der Waals surface area contributed by atoms with Crippen molar-refractivity contribution in [3.8, 4) is 11.5 Å². The molecule has 0 aliphatic heterocycles. The summed E-state index contributed by atoms with van der Waals surface area (Å²) in [5.74, 6) is 1.30. The Morgan fingerprint density at radius 2 is 1.80 bits per heavy atom. The van der Waals surface area contributed by atoms with E-state index < -0.39 is 0 Å².